The number of hydrogen-bond donors (Lipinski definition) is 1. The topological polar surface area (TPSA) is 59.5 Å². The molecule has 0 aliphatic rings. The summed E-state index contributed by atoms with van der Waals surface area (Å²) in [6, 6.07) is 17.2. The molecule has 0 fully saturated rings. The first-order chi connectivity index (χ1) is 13.0. The number of fused-ring (bicyclic) bond motifs is 1. The summed E-state index contributed by atoms with van der Waals surface area (Å²) in [6.45, 7) is 2.19. The Balaban J connectivity index is 1.68. The molecule has 0 saturated carbocycles. The standard InChI is InChI=1S/C21H18BrN3O2/c1-14-5-7-15(8-6-14)20(26)13-24-9-10-25-19(21(24)27)12-18(23-25)16-3-2-4-17(22)11-16/h2-12,20,26H,13H2,1H3. The summed E-state index contributed by atoms with van der Waals surface area (Å²) in [5.41, 5.74) is 3.87. The van der Waals surface area contributed by atoms with Gasteiger partial charge in [0.25, 0.3) is 5.56 Å². The first kappa shape index (κ1) is 17.7. The molecule has 0 bridgehead atoms. The molecular weight excluding hydrogens is 406 g/mol. The van der Waals surface area contributed by atoms with E-state index in [1.165, 1.54) is 4.57 Å². The Morgan fingerprint density at radius 1 is 1.11 bits per heavy atom. The van der Waals surface area contributed by atoms with Gasteiger partial charge in [-0.2, -0.15) is 5.10 Å². The summed E-state index contributed by atoms with van der Waals surface area (Å²) in [7, 11) is 0. The third kappa shape index (κ3) is 3.59. The van der Waals surface area contributed by atoms with Crippen molar-refractivity contribution >= 4 is 21.4 Å². The van der Waals surface area contributed by atoms with Crippen molar-refractivity contribution < 1.29 is 5.11 Å². The lowest BCUT2D eigenvalue weighted by atomic mass is 10.1. The minimum Gasteiger partial charge on any atom is -0.387 e. The Morgan fingerprint density at radius 2 is 1.89 bits per heavy atom. The van der Waals surface area contributed by atoms with E-state index in [0.717, 1.165) is 26.9 Å². The Morgan fingerprint density at radius 3 is 2.63 bits per heavy atom. The van der Waals surface area contributed by atoms with E-state index in [1.807, 2.05) is 55.5 Å². The van der Waals surface area contributed by atoms with E-state index in [0.29, 0.717) is 5.52 Å². The predicted octanol–water partition coefficient (Wildman–Crippen LogP) is 3.97. The maximum Gasteiger partial charge on any atom is 0.276 e. The molecule has 1 unspecified atom stereocenters. The Bertz CT molecular complexity index is 1160. The number of aliphatic hydroxyl groups excluding tert-OH is 1. The van der Waals surface area contributed by atoms with Gasteiger partial charge in [-0.05, 0) is 30.7 Å². The van der Waals surface area contributed by atoms with E-state index in [4.69, 9.17) is 0 Å². The van der Waals surface area contributed by atoms with Crippen LogP contribution in [0.25, 0.3) is 16.8 Å². The van der Waals surface area contributed by atoms with Crippen molar-refractivity contribution in [3.63, 3.8) is 0 Å². The molecule has 27 heavy (non-hydrogen) atoms. The molecule has 2 heterocycles. The van der Waals surface area contributed by atoms with Gasteiger partial charge in [0.2, 0.25) is 0 Å². The number of rotatable bonds is 4. The molecule has 2 aromatic heterocycles. The number of benzene rings is 2. The average molecular weight is 424 g/mol. The molecule has 1 N–H and O–H groups in total. The summed E-state index contributed by atoms with van der Waals surface area (Å²) in [4.78, 5) is 12.8. The van der Waals surface area contributed by atoms with E-state index in [1.54, 1.807) is 23.0 Å². The molecule has 4 aromatic rings. The fourth-order valence-corrected chi connectivity index (χ4v) is 3.44. The van der Waals surface area contributed by atoms with Crippen LogP contribution in [-0.2, 0) is 6.54 Å². The molecule has 0 spiro atoms. The first-order valence-electron chi connectivity index (χ1n) is 8.61. The third-order valence-electron chi connectivity index (χ3n) is 4.56. The second-order valence-electron chi connectivity index (χ2n) is 6.55. The minimum absolute atomic E-state index is 0.183. The maximum absolute atomic E-state index is 12.8. The van der Waals surface area contributed by atoms with E-state index >= 15 is 0 Å². The van der Waals surface area contributed by atoms with Gasteiger partial charge in [-0.15, -0.1) is 0 Å². The van der Waals surface area contributed by atoms with Gasteiger partial charge in [0.1, 0.15) is 5.52 Å². The molecule has 2 aromatic carbocycles. The second-order valence-corrected chi connectivity index (χ2v) is 7.47. The highest BCUT2D eigenvalue weighted by atomic mass is 79.9. The van der Waals surface area contributed by atoms with Crippen molar-refractivity contribution in [1.82, 2.24) is 14.2 Å². The highest BCUT2D eigenvalue weighted by Crippen LogP contribution is 2.22. The van der Waals surface area contributed by atoms with E-state index < -0.39 is 6.10 Å². The largest absolute Gasteiger partial charge is 0.387 e. The second kappa shape index (κ2) is 7.13. The van der Waals surface area contributed by atoms with Gasteiger partial charge in [0.15, 0.2) is 0 Å². The summed E-state index contributed by atoms with van der Waals surface area (Å²) >= 11 is 3.45. The zero-order valence-corrected chi connectivity index (χ0v) is 16.3. The molecule has 0 radical (unpaired) electrons. The summed E-state index contributed by atoms with van der Waals surface area (Å²) in [6.07, 6.45) is 2.64. The highest BCUT2D eigenvalue weighted by Gasteiger charge is 2.13. The number of aliphatic hydroxyl groups is 1. The van der Waals surface area contributed by atoms with Crippen LogP contribution in [0.2, 0.25) is 0 Å². The Hall–Kier alpha value is -2.70. The minimum atomic E-state index is -0.752. The van der Waals surface area contributed by atoms with Crippen LogP contribution in [-0.4, -0.2) is 19.3 Å². The lowest BCUT2D eigenvalue weighted by Gasteiger charge is -2.13. The fraction of sp³-hybridized carbons (Fsp3) is 0.143. The van der Waals surface area contributed by atoms with Crippen LogP contribution < -0.4 is 5.56 Å². The van der Waals surface area contributed by atoms with E-state index in [2.05, 4.69) is 21.0 Å². The normalized spacial score (nSPS) is 12.4. The van der Waals surface area contributed by atoms with Crippen LogP contribution in [0.15, 0.2) is 76.3 Å². The molecule has 136 valence electrons. The number of hydrogen-bond acceptors (Lipinski definition) is 3. The maximum atomic E-state index is 12.8. The Kier molecular flexibility index (Phi) is 4.68. The quantitative estimate of drug-likeness (QED) is 0.540. The van der Waals surface area contributed by atoms with Gasteiger partial charge in [-0.1, -0.05) is 57.9 Å². The molecule has 4 rings (SSSR count). The zero-order valence-electron chi connectivity index (χ0n) is 14.7. The van der Waals surface area contributed by atoms with Crippen LogP contribution in [0.1, 0.15) is 17.2 Å². The van der Waals surface area contributed by atoms with Crippen molar-refractivity contribution in [2.45, 2.75) is 19.6 Å². The van der Waals surface area contributed by atoms with Crippen molar-refractivity contribution in [1.29, 1.82) is 0 Å². The number of aryl methyl sites for hydroxylation is 1. The van der Waals surface area contributed by atoms with E-state index in [9.17, 15) is 9.90 Å². The Labute approximate surface area is 164 Å². The molecule has 6 heteroatoms. The van der Waals surface area contributed by atoms with Gasteiger partial charge >= 0.3 is 0 Å². The van der Waals surface area contributed by atoms with Gasteiger partial charge in [-0.25, -0.2) is 4.52 Å². The van der Waals surface area contributed by atoms with Crippen LogP contribution in [0.3, 0.4) is 0 Å². The van der Waals surface area contributed by atoms with Crippen molar-refractivity contribution in [3.05, 3.63) is 92.9 Å². The lowest BCUT2D eigenvalue weighted by molar-refractivity contribution is 0.155. The lowest BCUT2D eigenvalue weighted by Crippen LogP contribution is -2.24. The monoisotopic (exact) mass is 423 g/mol. The van der Waals surface area contributed by atoms with E-state index in [-0.39, 0.29) is 12.1 Å². The number of aromatic nitrogens is 3. The number of halogens is 1. The van der Waals surface area contributed by atoms with Gasteiger partial charge in [0.05, 0.1) is 18.3 Å². The summed E-state index contributed by atoms with van der Waals surface area (Å²) < 4.78 is 4.05. The van der Waals surface area contributed by atoms with Crippen molar-refractivity contribution in [3.8, 4) is 11.3 Å². The molecule has 1 atom stereocenters. The highest BCUT2D eigenvalue weighted by molar-refractivity contribution is 9.10. The number of nitrogens with zero attached hydrogens (tertiary/aromatic N) is 3. The van der Waals surface area contributed by atoms with Crippen molar-refractivity contribution in [2.75, 3.05) is 0 Å². The van der Waals surface area contributed by atoms with Crippen LogP contribution >= 0.6 is 15.9 Å². The molecular formula is C21H18BrN3O2. The SMILES string of the molecule is Cc1ccc(C(O)Cn2ccn3nc(-c4cccc(Br)c4)cc3c2=O)cc1. The molecule has 0 aliphatic carbocycles. The van der Waals surface area contributed by atoms with Gasteiger partial charge in [-0.3, -0.25) is 4.79 Å². The van der Waals surface area contributed by atoms with Gasteiger partial charge in [0, 0.05) is 22.4 Å². The first-order valence-corrected chi connectivity index (χ1v) is 9.40. The molecule has 5 nitrogen and oxygen atoms in total. The smallest absolute Gasteiger partial charge is 0.276 e. The van der Waals surface area contributed by atoms with Crippen LogP contribution in [0, 0.1) is 6.92 Å². The molecule has 0 amide bonds. The van der Waals surface area contributed by atoms with Crippen LogP contribution in [0.4, 0.5) is 0 Å². The fourth-order valence-electron chi connectivity index (χ4n) is 3.04. The summed E-state index contributed by atoms with van der Waals surface area (Å²) in [5.74, 6) is 0. The molecule has 0 aliphatic heterocycles. The van der Waals surface area contributed by atoms with Crippen LogP contribution in [0.5, 0.6) is 0 Å². The van der Waals surface area contributed by atoms with Gasteiger partial charge < -0.3 is 9.67 Å². The zero-order chi connectivity index (χ0) is 19.0. The summed E-state index contributed by atoms with van der Waals surface area (Å²) in [5, 5.41) is 15.0. The predicted molar refractivity (Wildman–Crippen MR) is 109 cm³/mol. The average Bonchev–Trinajstić information content (AvgIpc) is 3.10. The molecule has 0 saturated heterocycles. The third-order valence-corrected chi connectivity index (χ3v) is 5.05. The van der Waals surface area contributed by atoms with Crippen molar-refractivity contribution in [2.24, 2.45) is 0 Å².